The molecule has 2 rings (SSSR count). The van der Waals surface area contributed by atoms with E-state index in [4.69, 9.17) is 4.74 Å². The van der Waals surface area contributed by atoms with Crippen molar-refractivity contribution in [2.24, 2.45) is 5.92 Å². The van der Waals surface area contributed by atoms with Crippen LogP contribution in [-0.4, -0.2) is 22.4 Å². The molecule has 0 amide bonds. The van der Waals surface area contributed by atoms with Crippen LogP contribution in [0.1, 0.15) is 40.0 Å². The fraction of sp³-hybridized carbons (Fsp3) is 0.769. The Balaban J connectivity index is 2.03. The molecule has 3 atom stereocenters. The molecule has 15 heavy (non-hydrogen) atoms. The van der Waals surface area contributed by atoms with Crippen molar-refractivity contribution in [3.05, 3.63) is 18.6 Å². The number of hydrogen-bond acceptors (Lipinski definition) is 2. The number of aliphatic hydroxyl groups is 1. The molecular weight excluding hydrogens is 188 g/mol. The third-order valence-corrected chi connectivity index (χ3v) is 4.08. The fourth-order valence-corrected chi connectivity index (χ4v) is 2.63. The lowest BCUT2D eigenvalue weighted by Gasteiger charge is -2.38. The molecule has 0 spiro atoms. The highest BCUT2D eigenvalue weighted by Gasteiger charge is 2.71. The smallest absolute Gasteiger partial charge is 0.0999 e. The van der Waals surface area contributed by atoms with Crippen molar-refractivity contribution in [3.8, 4) is 0 Å². The van der Waals surface area contributed by atoms with Crippen LogP contribution in [0.5, 0.6) is 0 Å². The van der Waals surface area contributed by atoms with E-state index in [1.807, 2.05) is 6.08 Å². The van der Waals surface area contributed by atoms with E-state index in [1.54, 1.807) is 0 Å². The van der Waals surface area contributed by atoms with Gasteiger partial charge in [-0.25, -0.2) is 0 Å². The Bertz CT molecular complexity index is 274. The van der Waals surface area contributed by atoms with Gasteiger partial charge in [-0.15, -0.1) is 6.58 Å². The van der Waals surface area contributed by atoms with Gasteiger partial charge in [-0.1, -0.05) is 26.0 Å². The Morgan fingerprint density at radius 1 is 1.67 bits per heavy atom. The van der Waals surface area contributed by atoms with E-state index in [1.165, 1.54) is 5.92 Å². The lowest BCUT2D eigenvalue weighted by atomic mass is 9.89. The van der Waals surface area contributed by atoms with Gasteiger partial charge in [-0.2, -0.15) is 12.8 Å². The lowest BCUT2D eigenvalue weighted by molar-refractivity contribution is -0.00149. The molecule has 0 aromatic rings. The summed E-state index contributed by atoms with van der Waals surface area (Å²) in [5, 5.41) is 10.3. The van der Waals surface area contributed by atoms with Crippen LogP contribution in [0.4, 0.5) is 0 Å². The first kappa shape index (κ1) is 11.2. The number of fused-ring (bicyclic) bond motifs is 1. The predicted octanol–water partition coefficient (Wildman–Crippen LogP) is 2.48. The maximum Gasteiger partial charge on any atom is 0.0999 e. The van der Waals surface area contributed by atoms with E-state index in [2.05, 4.69) is 27.4 Å². The van der Waals surface area contributed by atoms with Gasteiger partial charge in [0.1, 0.15) is 0 Å². The third-order valence-electron chi connectivity index (χ3n) is 4.08. The van der Waals surface area contributed by atoms with E-state index in [9.17, 15) is 5.11 Å². The van der Waals surface area contributed by atoms with Gasteiger partial charge < -0.3 is 9.84 Å². The summed E-state index contributed by atoms with van der Waals surface area (Å²) in [4.78, 5) is 0. The van der Waals surface area contributed by atoms with Crippen LogP contribution < -0.4 is 0 Å². The summed E-state index contributed by atoms with van der Waals surface area (Å²) < 4.78 is 6.03. The second kappa shape index (κ2) is 3.33. The summed E-state index contributed by atoms with van der Waals surface area (Å²) in [7, 11) is 0. The van der Waals surface area contributed by atoms with Gasteiger partial charge in [0.25, 0.3) is 0 Å². The molecule has 0 aromatic heterocycles. The molecule has 1 aliphatic carbocycles. The topological polar surface area (TPSA) is 29.5 Å². The molecule has 2 nitrogen and oxygen atoms in total. The van der Waals surface area contributed by atoms with Crippen LogP contribution in [-0.2, 0) is 4.74 Å². The van der Waals surface area contributed by atoms with Gasteiger partial charge in [-0.3, -0.25) is 5.92 Å². The average Bonchev–Trinajstić information content (AvgIpc) is 2.58. The zero-order chi connectivity index (χ0) is 11.3. The summed E-state index contributed by atoms with van der Waals surface area (Å²) >= 11 is 0. The Kier molecular flexibility index (Phi) is 2.47. The minimum atomic E-state index is -0.567. The van der Waals surface area contributed by atoms with E-state index in [-0.39, 0.29) is 11.7 Å². The normalized spacial score (nSPS) is 43.5. The highest BCUT2D eigenvalue weighted by Crippen LogP contribution is 2.63. The van der Waals surface area contributed by atoms with Crippen molar-refractivity contribution >= 4 is 0 Å². The number of rotatable bonds is 4. The van der Waals surface area contributed by atoms with Crippen LogP contribution in [0.3, 0.4) is 0 Å². The van der Waals surface area contributed by atoms with E-state index in [0.717, 1.165) is 19.3 Å². The summed E-state index contributed by atoms with van der Waals surface area (Å²) in [6.07, 6.45) is 4.32. The predicted molar refractivity (Wildman–Crippen MR) is 60.4 cm³/mol. The Morgan fingerprint density at radius 3 is 2.87 bits per heavy atom. The summed E-state index contributed by atoms with van der Waals surface area (Å²) in [5.74, 6) is 1.87. The fourth-order valence-electron chi connectivity index (χ4n) is 2.63. The molecule has 2 fully saturated rings. The van der Waals surface area contributed by atoms with Crippen molar-refractivity contribution in [1.82, 2.24) is 0 Å². The van der Waals surface area contributed by atoms with Crippen LogP contribution in [0, 0.1) is 11.8 Å². The van der Waals surface area contributed by atoms with E-state index < -0.39 is 5.60 Å². The van der Waals surface area contributed by atoms with E-state index >= 15 is 0 Å². The minimum absolute atomic E-state index is 0.142. The summed E-state index contributed by atoms with van der Waals surface area (Å²) in [5.41, 5.74) is -0.864. The largest absolute Gasteiger partial charge is 0.400 e. The molecular formula is C13H21O2-. The Labute approximate surface area is 92.3 Å². The standard InChI is InChI=1S/C13H21O2/c1-5-6-13-8-12(13,14)7-11(15-13)10(4)9(2)3/h5,9,11,14H,1,6-8H2,2-4H3/q-1. The molecule has 0 radical (unpaired) electrons. The highest BCUT2D eigenvalue weighted by molar-refractivity contribution is 5.28. The monoisotopic (exact) mass is 209 g/mol. The lowest BCUT2D eigenvalue weighted by Crippen LogP contribution is -2.24. The minimum Gasteiger partial charge on any atom is -0.400 e. The molecule has 1 N–H and O–H groups in total. The van der Waals surface area contributed by atoms with Crippen molar-refractivity contribution < 1.29 is 9.84 Å². The first-order valence-electron chi connectivity index (χ1n) is 5.78. The number of ether oxygens (including phenoxy) is 1. The van der Waals surface area contributed by atoms with Crippen LogP contribution in [0.2, 0.25) is 0 Å². The zero-order valence-electron chi connectivity index (χ0n) is 9.92. The van der Waals surface area contributed by atoms with Gasteiger partial charge in [0, 0.05) is 6.42 Å². The van der Waals surface area contributed by atoms with Crippen molar-refractivity contribution in [1.29, 1.82) is 0 Å². The van der Waals surface area contributed by atoms with Crippen LogP contribution in [0.15, 0.2) is 12.7 Å². The van der Waals surface area contributed by atoms with E-state index in [0.29, 0.717) is 5.92 Å². The Hall–Kier alpha value is -0.340. The maximum atomic E-state index is 10.3. The van der Waals surface area contributed by atoms with Crippen molar-refractivity contribution in [2.75, 3.05) is 0 Å². The summed E-state index contributed by atoms with van der Waals surface area (Å²) in [6, 6.07) is 0. The van der Waals surface area contributed by atoms with Crippen molar-refractivity contribution in [3.63, 3.8) is 0 Å². The second-order valence-corrected chi connectivity index (χ2v) is 5.40. The second-order valence-electron chi connectivity index (χ2n) is 5.40. The molecule has 1 heterocycles. The Morgan fingerprint density at radius 2 is 2.33 bits per heavy atom. The van der Waals surface area contributed by atoms with Gasteiger partial charge in [-0.05, 0) is 12.8 Å². The molecule has 1 saturated carbocycles. The first-order chi connectivity index (χ1) is 6.94. The quantitative estimate of drug-likeness (QED) is 0.569. The van der Waals surface area contributed by atoms with Gasteiger partial charge in [0.2, 0.25) is 0 Å². The molecule has 0 aromatic carbocycles. The molecule has 0 bridgehead atoms. The van der Waals surface area contributed by atoms with Gasteiger partial charge in [0.15, 0.2) is 0 Å². The molecule has 86 valence electrons. The zero-order valence-corrected chi connectivity index (χ0v) is 9.92. The highest BCUT2D eigenvalue weighted by atomic mass is 16.6. The van der Waals surface area contributed by atoms with Crippen molar-refractivity contribution in [2.45, 2.75) is 57.3 Å². The summed E-state index contributed by atoms with van der Waals surface area (Å²) in [6.45, 7) is 10.2. The SMILES string of the molecule is C=CCC12CC1(O)CC([C-](C)C(C)C)O2. The third kappa shape index (κ3) is 1.55. The van der Waals surface area contributed by atoms with Gasteiger partial charge in [0.05, 0.1) is 11.2 Å². The molecule has 2 heteroatoms. The maximum absolute atomic E-state index is 10.3. The van der Waals surface area contributed by atoms with Crippen LogP contribution in [0.25, 0.3) is 0 Å². The van der Waals surface area contributed by atoms with Crippen LogP contribution >= 0.6 is 0 Å². The molecule has 3 unspecified atom stereocenters. The average molecular weight is 209 g/mol. The molecule has 1 saturated heterocycles. The van der Waals surface area contributed by atoms with Gasteiger partial charge >= 0.3 is 0 Å². The first-order valence-corrected chi connectivity index (χ1v) is 5.78. The molecule has 1 aliphatic heterocycles. The number of hydrogen-bond donors (Lipinski definition) is 1. The molecule has 2 aliphatic rings.